The zero-order valence-electron chi connectivity index (χ0n) is 18.1. The number of benzene rings is 2. The third-order valence-corrected chi connectivity index (χ3v) is 5.79. The quantitative estimate of drug-likeness (QED) is 0.384. The van der Waals surface area contributed by atoms with Crippen molar-refractivity contribution in [3.05, 3.63) is 65.2 Å². The smallest absolute Gasteiger partial charge is 0.306 e. The summed E-state index contributed by atoms with van der Waals surface area (Å²) in [6.45, 7) is 0.293. The molecule has 2 aromatic carbocycles. The van der Waals surface area contributed by atoms with Crippen molar-refractivity contribution in [1.82, 2.24) is 5.32 Å². The van der Waals surface area contributed by atoms with Crippen molar-refractivity contribution in [2.24, 2.45) is 5.92 Å². The summed E-state index contributed by atoms with van der Waals surface area (Å²) in [5, 5.41) is 11.7. The number of Topliss-reactive ketones (excluding diaryl/α,β-unsaturated/α-hetero) is 1. The number of carboxylic acids is 1. The molecule has 1 fully saturated rings. The Morgan fingerprint density at radius 3 is 2.12 bits per heavy atom. The molecule has 0 aromatic heterocycles. The summed E-state index contributed by atoms with van der Waals surface area (Å²) < 4.78 is 31.1. The molecule has 1 aliphatic rings. The molecule has 1 amide bonds. The Morgan fingerprint density at radius 1 is 0.939 bits per heavy atom. The van der Waals surface area contributed by atoms with Crippen LogP contribution in [0.1, 0.15) is 71.2 Å². The van der Waals surface area contributed by atoms with Gasteiger partial charge in [-0.3, -0.25) is 14.4 Å². The predicted octanol–water partition coefficient (Wildman–Crippen LogP) is 5.04. The lowest BCUT2D eigenvalue weighted by molar-refractivity contribution is -0.143. The maximum atomic E-state index is 12.6. The van der Waals surface area contributed by atoms with E-state index >= 15 is 0 Å². The summed E-state index contributed by atoms with van der Waals surface area (Å²) >= 11 is 0. The van der Waals surface area contributed by atoms with E-state index in [1.54, 1.807) is 24.3 Å². The summed E-state index contributed by atoms with van der Waals surface area (Å²) in [6.07, 6.45) is 0.709. The molecule has 0 radical (unpaired) electrons. The van der Waals surface area contributed by atoms with Crippen molar-refractivity contribution in [1.29, 1.82) is 0 Å². The van der Waals surface area contributed by atoms with Gasteiger partial charge in [-0.15, -0.1) is 0 Å². The second-order valence-electron chi connectivity index (χ2n) is 8.16. The number of carboxylic acid groups (broad SMARTS) is 1. The highest BCUT2D eigenvalue weighted by Gasteiger charge is 2.26. The summed E-state index contributed by atoms with van der Waals surface area (Å²) in [6, 6.07) is 12.0. The van der Waals surface area contributed by atoms with Crippen molar-refractivity contribution < 1.29 is 33.0 Å². The first-order valence-electron chi connectivity index (χ1n) is 11.0. The van der Waals surface area contributed by atoms with E-state index in [1.807, 2.05) is 0 Å². The third kappa shape index (κ3) is 7.10. The number of nitrogens with one attached hydrogen (secondary N) is 1. The number of aliphatic carboxylic acids is 1. The highest BCUT2D eigenvalue weighted by molar-refractivity contribution is 5.96. The number of carbonyl (C=O) groups excluding carboxylic acids is 2. The molecular weight excluding hydrogens is 432 g/mol. The van der Waals surface area contributed by atoms with E-state index in [2.05, 4.69) is 5.32 Å². The molecule has 0 heterocycles. The highest BCUT2D eigenvalue weighted by Crippen LogP contribution is 2.28. The van der Waals surface area contributed by atoms with Crippen LogP contribution >= 0.6 is 0 Å². The number of alkyl halides is 2. The minimum absolute atomic E-state index is 0.0164. The average Bonchev–Trinajstić information content (AvgIpc) is 2.82. The number of carbonyl (C=O) groups is 3. The van der Waals surface area contributed by atoms with E-state index in [-0.39, 0.29) is 41.3 Å². The molecule has 0 bridgehead atoms. The SMILES string of the molecule is O=C(CCCNC(=O)c1ccc(C(F)F)cc1)c1ccc(OC2CCC(C(=O)O)CC2)cc1. The van der Waals surface area contributed by atoms with Crippen LogP contribution in [0.15, 0.2) is 48.5 Å². The number of amides is 1. The fourth-order valence-corrected chi connectivity index (χ4v) is 3.82. The number of hydrogen-bond acceptors (Lipinski definition) is 4. The summed E-state index contributed by atoms with van der Waals surface area (Å²) in [7, 11) is 0. The van der Waals surface area contributed by atoms with Gasteiger partial charge < -0.3 is 15.2 Å². The maximum Gasteiger partial charge on any atom is 0.306 e. The first kappa shape index (κ1) is 24.4. The fourth-order valence-electron chi connectivity index (χ4n) is 3.82. The molecule has 2 aromatic rings. The molecule has 0 unspecified atom stereocenters. The lowest BCUT2D eigenvalue weighted by Crippen LogP contribution is -2.27. The van der Waals surface area contributed by atoms with Crippen molar-refractivity contribution in [3.8, 4) is 5.75 Å². The van der Waals surface area contributed by atoms with Gasteiger partial charge >= 0.3 is 5.97 Å². The Kier molecular flexibility index (Phi) is 8.52. The average molecular weight is 459 g/mol. The lowest BCUT2D eigenvalue weighted by Gasteiger charge is -2.26. The van der Waals surface area contributed by atoms with Crippen LogP contribution in [0.2, 0.25) is 0 Å². The molecule has 0 aliphatic heterocycles. The number of hydrogen-bond donors (Lipinski definition) is 2. The number of ketones is 1. The van der Waals surface area contributed by atoms with Gasteiger partial charge in [0.25, 0.3) is 12.3 Å². The van der Waals surface area contributed by atoms with Crippen molar-refractivity contribution in [3.63, 3.8) is 0 Å². The minimum Gasteiger partial charge on any atom is -0.490 e. The van der Waals surface area contributed by atoms with E-state index in [1.165, 1.54) is 24.3 Å². The Hall–Kier alpha value is -3.29. The van der Waals surface area contributed by atoms with Crippen molar-refractivity contribution in [2.45, 2.75) is 51.1 Å². The second kappa shape index (κ2) is 11.5. The largest absolute Gasteiger partial charge is 0.490 e. The van der Waals surface area contributed by atoms with E-state index in [0.29, 0.717) is 50.0 Å². The minimum atomic E-state index is -2.58. The lowest BCUT2D eigenvalue weighted by atomic mass is 9.87. The molecule has 176 valence electrons. The number of rotatable bonds is 10. The van der Waals surface area contributed by atoms with Crippen molar-refractivity contribution in [2.75, 3.05) is 6.54 Å². The summed E-state index contributed by atoms with van der Waals surface area (Å²) in [5.74, 6) is -0.822. The summed E-state index contributed by atoms with van der Waals surface area (Å²) in [4.78, 5) is 35.5. The molecule has 1 saturated carbocycles. The molecule has 0 atom stereocenters. The van der Waals surface area contributed by atoms with Crippen LogP contribution in [0, 0.1) is 5.92 Å². The molecule has 8 heteroatoms. The van der Waals surface area contributed by atoms with Gasteiger partial charge in [0.2, 0.25) is 0 Å². The molecule has 33 heavy (non-hydrogen) atoms. The Morgan fingerprint density at radius 2 is 1.55 bits per heavy atom. The molecule has 0 spiro atoms. The molecular formula is C25H27F2NO5. The first-order valence-corrected chi connectivity index (χ1v) is 11.0. The number of halogens is 2. The van der Waals surface area contributed by atoms with Crippen LogP contribution < -0.4 is 10.1 Å². The van der Waals surface area contributed by atoms with Crippen LogP contribution in [0.3, 0.4) is 0 Å². The normalized spacial score (nSPS) is 18.0. The second-order valence-corrected chi connectivity index (χ2v) is 8.16. The zero-order chi connectivity index (χ0) is 23.8. The van der Waals surface area contributed by atoms with Gasteiger partial charge in [0.05, 0.1) is 12.0 Å². The Labute approximate surface area is 191 Å². The monoisotopic (exact) mass is 459 g/mol. The van der Waals surface area contributed by atoms with Crippen LogP contribution in [0.4, 0.5) is 8.78 Å². The van der Waals surface area contributed by atoms with Gasteiger partial charge in [-0.25, -0.2) is 8.78 Å². The van der Waals surface area contributed by atoms with Gasteiger partial charge in [0.1, 0.15) is 5.75 Å². The number of ether oxygens (including phenoxy) is 1. The predicted molar refractivity (Wildman–Crippen MR) is 118 cm³/mol. The molecule has 0 saturated heterocycles. The highest BCUT2D eigenvalue weighted by atomic mass is 19.3. The maximum absolute atomic E-state index is 12.6. The van der Waals surface area contributed by atoms with Gasteiger partial charge in [-0.1, -0.05) is 12.1 Å². The van der Waals surface area contributed by atoms with E-state index in [9.17, 15) is 23.2 Å². The zero-order valence-corrected chi connectivity index (χ0v) is 18.1. The Balaban J connectivity index is 1.38. The van der Waals surface area contributed by atoms with Crippen LogP contribution in [-0.4, -0.2) is 35.4 Å². The molecule has 1 aliphatic carbocycles. The molecule has 6 nitrogen and oxygen atoms in total. The molecule has 2 N–H and O–H groups in total. The molecule has 3 rings (SSSR count). The van der Waals surface area contributed by atoms with Crippen molar-refractivity contribution >= 4 is 17.7 Å². The third-order valence-electron chi connectivity index (χ3n) is 5.79. The van der Waals surface area contributed by atoms with Gasteiger partial charge in [0.15, 0.2) is 5.78 Å². The van der Waals surface area contributed by atoms with E-state index < -0.39 is 12.4 Å². The summed E-state index contributed by atoms with van der Waals surface area (Å²) in [5.41, 5.74) is 0.697. The van der Waals surface area contributed by atoms with Crippen LogP contribution in [-0.2, 0) is 4.79 Å². The van der Waals surface area contributed by atoms with Gasteiger partial charge in [0, 0.05) is 29.7 Å². The standard InChI is InChI=1S/C25H27F2NO5/c26-23(27)17-3-5-18(6-4-17)24(30)28-15-1-2-22(29)16-7-11-20(12-8-16)33-21-13-9-19(10-14-21)25(31)32/h3-8,11-12,19,21,23H,1-2,9-10,13-15H2,(H,28,30)(H,31,32). The van der Waals surface area contributed by atoms with E-state index in [4.69, 9.17) is 9.84 Å². The van der Waals surface area contributed by atoms with Gasteiger partial charge in [-0.2, -0.15) is 0 Å². The topological polar surface area (TPSA) is 92.7 Å². The van der Waals surface area contributed by atoms with Gasteiger partial charge in [-0.05, 0) is 68.5 Å². The van der Waals surface area contributed by atoms with Crippen LogP contribution in [0.5, 0.6) is 5.75 Å². The first-order chi connectivity index (χ1) is 15.8. The Bertz CT molecular complexity index is 952. The van der Waals surface area contributed by atoms with Crippen LogP contribution in [0.25, 0.3) is 0 Å². The fraction of sp³-hybridized carbons (Fsp3) is 0.400. The van der Waals surface area contributed by atoms with E-state index in [0.717, 1.165) is 0 Å².